The fraction of sp³-hybridized carbons (Fsp3) is 0.152. The number of nitrogens with zero attached hydrogens (tertiary/aromatic N) is 4. The number of carbonyl (C=O) groups excluding carboxylic acids is 1. The Labute approximate surface area is 241 Å². The van der Waals surface area contributed by atoms with Gasteiger partial charge in [0.1, 0.15) is 0 Å². The molecule has 0 fully saturated rings. The van der Waals surface area contributed by atoms with Crippen molar-refractivity contribution in [3.63, 3.8) is 0 Å². The van der Waals surface area contributed by atoms with Crippen molar-refractivity contribution in [1.82, 2.24) is 14.3 Å². The lowest BCUT2D eigenvalue weighted by molar-refractivity contribution is -0.139. The van der Waals surface area contributed by atoms with Crippen LogP contribution in [0.3, 0.4) is 0 Å². The van der Waals surface area contributed by atoms with Crippen molar-refractivity contribution in [2.75, 3.05) is 6.61 Å². The molecule has 204 valence electrons. The van der Waals surface area contributed by atoms with Crippen LogP contribution in [0.5, 0.6) is 0 Å². The Bertz CT molecular complexity index is 1950. The van der Waals surface area contributed by atoms with E-state index in [2.05, 4.69) is 0 Å². The summed E-state index contributed by atoms with van der Waals surface area (Å²) in [6.45, 7) is 5.79. The van der Waals surface area contributed by atoms with Gasteiger partial charge in [0.05, 0.1) is 39.8 Å². The summed E-state index contributed by atoms with van der Waals surface area (Å²) in [5.41, 5.74) is 6.03. The predicted octanol–water partition coefficient (Wildman–Crippen LogP) is 4.96. The maximum atomic E-state index is 14.1. The van der Waals surface area contributed by atoms with Gasteiger partial charge in [-0.1, -0.05) is 89.7 Å². The van der Waals surface area contributed by atoms with Crippen molar-refractivity contribution in [3.8, 4) is 16.9 Å². The fourth-order valence-corrected chi connectivity index (χ4v) is 6.06. The van der Waals surface area contributed by atoms with Crippen LogP contribution in [0.15, 0.2) is 112 Å². The highest BCUT2D eigenvalue weighted by molar-refractivity contribution is 7.07. The van der Waals surface area contributed by atoms with Gasteiger partial charge in [-0.05, 0) is 44.5 Å². The van der Waals surface area contributed by atoms with Crippen molar-refractivity contribution in [2.45, 2.75) is 26.8 Å². The van der Waals surface area contributed by atoms with Crippen LogP contribution in [0.1, 0.15) is 36.6 Å². The Kier molecular flexibility index (Phi) is 7.07. The van der Waals surface area contributed by atoms with E-state index in [1.54, 1.807) is 18.4 Å². The zero-order valence-corrected chi connectivity index (χ0v) is 23.8. The second-order valence-corrected chi connectivity index (χ2v) is 10.8. The SMILES string of the molecule is CCOC(=O)C1=C(C)N=c2sc(=Cc3cn(-c4ccccc4)nc3-c3ccccc3)c(=O)n2[C@H]1c1ccc(C)cc1. The van der Waals surface area contributed by atoms with E-state index < -0.39 is 12.0 Å². The van der Waals surface area contributed by atoms with Crippen LogP contribution in [0.25, 0.3) is 23.0 Å². The van der Waals surface area contributed by atoms with Crippen molar-refractivity contribution >= 4 is 23.4 Å². The fourth-order valence-electron chi connectivity index (χ4n) is 5.02. The molecule has 5 aromatic rings. The Hall–Kier alpha value is -4.82. The second-order valence-electron chi connectivity index (χ2n) is 9.79. The first-order valence-corrected chi connectivity index (χ1v) is 14.2. The van der Waals surface area contributed by atoms with Crippen LogP contribution in [0, 0.1) is 6.92 Å². The van der Waals surface area contributed by atoms with Crippen LogP contribution in [-0.2, 0) is 9.53 Å². The number of esters is 1. The lowest BCUT2D eigenvalue weighted by Crippen LogP contribution is -2.39. The highest BCUT2D eigenvalue weighted by atomic mass is 32.1. The number of para-hydroxylation sites is 1. The Morgan fingerprint density at radius 2 is 1.66 bits per heavy atom. The second kappa shape index (κ2) is 11.0. The number of ether oxygens (including phenoxy) is 1. The van der Waals surface area contributed by atoms with Gasteiger partial charge in [-0.25, -0.2) is 14.5 Å². The normalized spacial score (nSPS) is 15.0. The van der Waals surface area contributed by atoms with Crippen LogP contribution < -0.4 is 14.9 Å². The van der Waals surface area contributed by atoms with Crippen LogP contribution in [0.2, 0.25) is 0 Å². The largest absolute Gasteiger partial charge is 0.463 e. The number of benzene rings is 3. The molecule has 0 amide bonds. The Morgan fingerprint density at radius 3 is 2.34 bits per heavy atom. The van der Waals surface area contributed by atoms with Gasteiger partial charge in [-0.2, -0.15) is 5.10 Å². The number of fused-ring (bicyclic) bond motifs is 1. The van der Waals surface area contributed by atoms with Crippen molar-refractivity contribution < 1.29 is 9.53 Å². The molecular weight excluding hydrogens is 532 g/mol. The van der Waals surface area contributed by atoms with E-state index in [9.17, 15) is 9.59 Å². The number of aryl methyl sites for hydroxylation is 1. The van der Waals surface area contributed by atoms with Gasteiger partial charge in [0.2, 0.25) is 0 Å². The summed E-state index contributed by atoms with van der Waals surface area (Å²) in [7, 11) is 0. The molecular formula is C33H28N4O3S. The highest BCUT2D eigenvalue weighted by Crippen LogP contribution is 2.31. The number of allylic oxidation sites excluding steroid dienone is 1. The van der Waals surface area contributed by atoms with Gasteiger partial charge in [0.15, 0.2) is 4.80 Å². The molecule has 0 aliphatic carbocycles. The molecule has 1 atom stereocenters. The molecule has 3 aromatic carbocycles. The number of hydrogen-bond donors (Lipinski definition) is 0. The maximum absolute atomic E-state index is 14.1. The minimum Gasteiger partial charge on any atom is -0.463 e. The third-order valence-corrected chi connectivity index (χ3v) is 7.99. The molecule has 8 heteroatoms. The molecule has 0 saturated heterocycles. The van der Waals surface area contributed by atoms with Gasteiger partial charge >= 0.3 is 5.97 Å². The molecule has 1 aliphatic rings. The van der Waals surface area contributed by atoms with E-state index in [1.165, 1.54) is 11.3 Å². The average molecular weight is 561 g/mol. The van der Waals surface area contributed by atoms with Crippen LogP contribution >= 0.6 is 11.3 Å². The van der Waals surface area contributed by atoms with Gasteiger partial charge < -0.3 is 4.74 Å². The quantitative estimate of drug-likeness (QED) is 0.275. The van der Waals surface area contributed by atoms with E-state index in [0.29, 0.717) is 20.6 Å². The molecule has 0 spiro atoms. The van der Waals surface area contributed by atoms with E-state index in [-0.39, 0.29) is 12.2 Å². The first-order valence-electron chi connectivity index (χ1n) is 13.4. The molecule has 0 N–H and O–H groups in total. The van der Waals surface area contributed by atoms with E-state index in [0.717, 1.165) is 33.6 Å². The Balaban J connectivity index is 1.56. The molecule has 0 bridgehead atoms. The van der Waals surface area contributed by atoms with Crippen molar-refractivity contribution in [1.29, 1.82) is 0 Å². The van der Waals surface area contributed by atoms with E-state index >= 15 is 0 Å². The minimum absolute atomic E-state index is 0.222. The number of aromatic nitrogens is 3. The predicted molar refractivity (Wildman–Crippen MR) is 161 cm³/mol. The monoisotopic (exact) mass is 560 g/mol. The third-order valence-electron chi connectivity index (χ3n) is 7.01. The van der Waals surface area contributed by atoms with Crippen LogP contribution in [0.4, 0.5) is 0 Å². The first-order chi connectivity index (χ1) is 19.9. The van der Waals surface area contributed by atoms with Crippen LogP contribution in [-0.4, -0.2) is 26.9 Å². The molecule has 0 radical (unpaired) electrons. The highest BCUT2D eigenvalue weighted by Gasteiger charge is 2.33. The average Bonchev–Trinajstić information content (AvgIpc) is 3.54. The first kappa shape index (κ1) is 26.4. The number of rotatable bonds is 6. The molecule has 1 aliphatic heterocycles. The summed E-state index contributed by atoms with van der Waals surface area (Å²) in [5.74, 6) is -0.468. The Morgan fingerprint density at radius 1 is 0.976 bits per heavy atom. The third kappa shape index (κ3) is 4.98. The summed E-state index contributed by atoms with van der Waals surface area (Å²) in [6.07, 6.45) is 3.80. The minimum atomic E-state index is -0.645. The van der Waals surface area contributed by atoms with E-state index in [4.69, 9.17) is 14.8 Å². The molecule has 0 unspecified atom stereocenters. The zero-order chi connectivity index (χ0) is 28.5. The smallest absolute Gasteiger partial charge is 0.338 e. The van der Waals surface area contributed by atoms with Gasteiger partial charge in [-0.15, -0.1) is 0 Å². The lowest BCUT2D eigenvalue weighted by atomic mass is 9.95. The lowest BCUT2D eigenvalue weighted by Gasteiger charge is -2.24. The van der Waals surface area contributed by atoms with Gasteiger partial charge in [0.25, 0.3) is 5.56 Å². The maximum Gasteiger partial charge on any atom is 0.338 e. The number of thiazole rings is 1. The number of hydrogen-bond acceptors (Lipinski definition) is 6. The van der Waals surface area contributed by atoms with E-state index in [1.807, 2.05) is 109 Å². The molecule has 2 aromatic heterocycles. The number of carbonyl (C=O) groups is 1. The summed E-state index contributed by atoms with van der Waals surface area (Å²) in [5, 5.41) is 4.89. The molecule has 7 nitrogen and oxygen atoms in total. The van der Waals surface area contributed by atoms with Gasteiger partial charge in [-0.3, -0.25) is 9.36 Å². The standard InChI is InChI=1S/C33H28N4O3S/c1-4-40-32(39)28-22(3)34-33-37(30(28)24-17-15-21(2)16-18-24)31(38)27(41-33)19-25-20-36(26-13-9-6-10-14-26)35-29(25)23-11-7-5-8-12-23/h5-20,30H,4H2,1-3H3/t30-/m0/s1. The topological polar surface area (TPSA) is 78.5 Å². The zero-order valence-electron chi connectivity index (χ0n) is 22.9. The summed E-state index contributed by atoms with van der Waals surface area (Å²) >= 11 is 1.30. The molecule has 6 rings (SSSR count). The summed E-state index contributed by atoms with van der Waals surface area (Å²) < 4.78 is 9.35. The molecule has 0 saturated carbocycles. The summed E-state index contributed by atoms with van der Waals surface area (Å²) in [6, 6.07) is 27.0. The molecule has 41 heavy (non-hydrogen) atoms. The van der Waals surface area contributed by atoms with Crippen molar-refractivity contribution in [2.24, 2.45) is 4.99 Å². The van der Waals surface area contributed by atoms with Crippen molar-refractivity contribution in [3.05, 3.63) is 139 Å². The van der Waals surface area contributed by atoms with Gasteiger partial charge in [0, 0.05) is 17.3 Å². The summed E-state index contributed by atoms with van der Waals surface area (Å²) in [4.78, 5) is 32.5. The molecule has 3 heterocycles.